The molecule has 0 bridgehead atoms. The first-order valence-corrected chi connectivity index (χ1v) is 7.70. The largest absolute Gasteiger partial charge is 0.491 e. The predicted octanol–water partition coefficient (Wildman–Crippen LogP) is 2.56. The molecule has 0 saturated carbocycles. The molecule has 4 nitrogen and oxygen atoms in total. The van der Waals surface area contributed by atoms with Crippen molar-refractivity contribution in [2.75, 3.05) is 32.9 Å². The van der Waals surface area contributed by atoms with Gasteiger partial charge in [-0.05, 0) is 24.6 Å². The molecule has 1 saturated heterocycles. The first-order valence-electron chi connectivity index (χ1n) is 7.70. The number of benzene rings is 1. The molecular weight excluding hydrogens is 311 g/mol. The number of rotatable bonds is 6. The van der Waals surface area contributed by atoms with E-state index in [0.717, 1.165) is 25.1 Å². The average molecular weight is 333 g/mol. The minimum Gasteiger partial charge on any atom is -0.491 e. The molecule has 0 spiro atoms. The fourth-order valence-corrected chi connectivity index (χ4v) is 2.58. The number of aliphatic hydroxyl groups is 1. The number of hydrogen-bond donors (Lipinski definition) is 1. The molecule has 0 aliphatic carbocycles. The summed E-state index contributed by atoms with van der Waals surface area (Å²) in [5.41, 5.74) is -0.760. The smallest absolute Gasteiger partial charge is 0.416 e. The molecule has 0 amide bonds. The lowest BCUT2D eigenvalue weighted by molar-refractivity contribution is -0.137. The molecule has 0 aromatic heterocycles. The quantitative estimate of drug-likeness (QED) is 0.869. The summed E-state index contributed by atoms with van der Waals surface area (Å²) in [5, 5.41) is 10.1. The van der Waals surface area contributed by atoms with Gasteiger partial charge >= 0.3 is 6.18 Å². The van der Waals surface area contributed by atoms with Crippen molar-refractivity contribution in [2.24, 2.45) is 0 Å². The highest BCUT2D eigenvalue weighted by Crippen LogP contribution is 2.31. The summed E-state index contributed by atoms with van der Waals surface area (Å²) in [5.74, 6) is 0.105. The van der Waals surface area contributed by atoms with Gasteiger partial charge in [0.25, 0.3) is 0 Å². The van der Waals surface area contributed by atoms with Gasteiger partial charge in [-0.3, -0.25) is 4.90 Å². The van der Waals surface area contributed by atoms with Crippen LogP contribution in [0.5, 0.6) is 5.75 Å². The summed E-state index contributed by atoms with van der Waals surface area (Å²) >= 11 is 0. The zero-order valence-electron chi connectivity index (χ0n) is 13.1. The van der Waals surface area contributed by atoms with Gasteiger partial charge in [-0.2, -0.15) is 13.2 Å². The number of ether oxygens (including phenoxy) is 2. The number of morpholine rings is 1. The topological polar surface area (TPSA) is 41.9 Å². The van der Waals surface area contributed by atoms with Gasteiger partial charge in [0, 0.05) is 19.1 Å². The Balaban J connectivity index is 1.85. The van der Waals surface area contributed by atoms with Crippen molar-refractivity contribution in [3.05, 3.63) is 29.8 Å². The van der Waals surface area contributed by atoms with Crippen LogP contribution in [0.4, 0.5) is 13.2 Å². The van der Waals surface area contributed by atoms with Crippen LogP contribution in [0.15, 0.2) is 24.3 Å². The first kappa shape index (κ1) is 18.0. The Morgan fingerprint density at radius 2 is 2.22 bits per heavy atom. The van der Waals surface area contributed by atoms with Crippen molar-refractivity contribution in [3.63, 3.8) is 0 Å². The molecule has 1 aliphatic heterocycles. The zero-order valence-corrected chi connectivity index (χ0v) is 13.1. The molecule has 130 valence electrons. The number of hydrogen-bond acceptors (Lipinski definition) is 4. The van der Waals surface area contributed by atoms with E-state index in [0.29, 0.717) is 19.8 Å². The highest BCUT2D eigenvalue weighted by molar-refractivity contribution is 5.30. The van der Waals surface area contributed by atoms with Crippen molar-refractivity contribution in [2.45, 2.75) is 31.7 Å². The van der Waals surface area contributed by atoms with Crippen LogP contribution in [0, 0.1) is 0 Å². The molecule has 1 N–H and O–H groups in total. The second-order valence-corrected chi connectivity index (χ2v) is 5.62. The van der Waals surface area contributed by atoms with E-state index in [1.165, 1.54) is 12.1 Å². The van der Waals surface area contributed by atoms with E-state index >= 15 is 0 Å². The Morgan fingerprint density at radius 1 is 1.43 bits per heavy atom. The van der Waals surface area contributed by atoms with Crippen molar-refractivity contribution < 1.29 is 27.8 Å². The van der Waals surface area contributed by atoms with Gasteiger partial charge < -0.3 is 14.6 Å². The van der Waals surface area contributed by atoms with Gasteiger partial charge in [-0.1, -0.05) is 13.0 Å². The van der Waals surface area contributed by atoms with Crippen LogP contribution in [0.2, 0.25) is 0 Å². The number of β-amino-alcohol motifs (C(OH)–C–C–N with tert-alkyl or cyclic N) is 1. The number of halogens is 3. The Bertz CT molecular complexity index is 496. The van der Waals surface area contributed by atoms with Crippen LogP contribution in [0.3, 0.4) is 0 Å². The van der Waals surface area contributed by atoms with Crippen molar-refractivity contribution in [3.8, 4) is 5.75 Å². The van der Waals surface area contributed by atoms with Crippen molar-refractivity contribution in [1.29, 1.82) is 0 Å². The normalized spacial score (nSPS) is 21.2. The molecule has 23 heavy (non-hydrogen) atoms. The summed E-state index contributed by atoms with van der Waals surface area (Å²) < 4.78 is 48.6. The summed E-state index contributed by atoms with van der Waals surface area (Å²) in [4.78, 5) is 2.13. The second-order valence-electron chi connectivity index (χ2n) is 5.62. The van der Waals surface area contributed by atoms with Gasteiger partial charge in [0.2, 0.25) is 0 Å². The van der Waals surface area contributed by atoms with Crippen LogP contribution in [-0.2, 0) is 10.9 Å². The zero-order chi connectivity index (χ0) is 16.9. The van der Waals surface area contributed by atoms with Crippen LogP contribution in [0.1, 0.15) is 18.9 Å². The predicted molar refractivity (Wildman–Crippen MR) is 79.4 cm³/mol. The van der Waals surface area contributed by atoms with E-state index in [1.807, 2.05) is 0 Å². The van der Waals surface area contributed by atoms with Gasteiger partial charge in [-0.25, -0.2) is 0 Å². The second kappa shape index (κ2) is 7.99. The molecule has 0 radical (unpaired) electrons. The van der Waals surface area contributed by atoms with Gasteiger partial charge in [-0.15, -0.1) is 0 Å². The molecule has 7 heteroatoms. The fraction of sp³-hybridized carbons (Fsp3) is 0.625. The van der Waals surface area contributed by atoms with Crippen LogP contribution >= 0.6 is 0 Å². The number of alkyl halides is 3. The summed E-state index contributed by atoms with van der Waals surface area (Å²) in [7, 11) is 0. The molecule has 1 heterocycles. The van der Waals surface area contributed by atoms with Crippen molar-refractivity contribution in [1.82, 2.24) is 4.90 Å². The monoisotopic (exact) mass is 333 g/mol. The Labute approximate surface area is 133 Å². The maximum absolute atomic E-state index is 12.6. The fourth-order valence-electron chi connectivity index (χ4n) is 2.58. The van der Waals surface area contributed by atoms with E-state index in [-0.39, 0.29) is 18.4 Å². The van der Waals surface area contributed by atoms with Crippen molar-refractivity contribution >= 4 is 0 Å². The molecule has 1 aromatic rings. The molecule has 1 aliphatic rings. The molecule has 2 rings (SSSR count). The lowest BCUT2D eigenvalue weighted by Crippen LogP contribution is -2.49. The Hall–Kier alpha value is -1.31. The maximum atomic E-state index is 12.6. The highest BCUT2D eigenvalue weighted by atomic mass is 19.4. The van der Waals surface area contributed by atoms with Crippen LogP contribution in [-0.4, -0.2) is 55.1 Å². The number of aliphatic hydroxyl groups excluding tert-OH is 1. The Morgan fingerprint density at radius 3 is 2.91 bits per heavy atom. The SMILES string of the molecule is CCC1COCCN1CC(O)COc1cccc(C(F)(F)F)c1. The average Bonchev–Trinajstić information content (AvgIpc) is 2.53. The third-order valence-corrected chi connectivity index (χ3v) is 3.87. The molecule has 2 unspecified atom stereocenters. The summed E-state index contributed by atoms with van der Waals surface area (Å²) in [6, 6.07) is 4.93. The molecule has 2 atom stereocenters. The van der Waals surface area contributed by atoms with Crippen LogP contribution in [0.25, 0.3) is 0 Å². The standard InChI is InChI=1S/C16H22F3NO3/c1-2-13-10-22-7-6-20(13)9-14(21)11-23-15-5-3-4-12(8-15)16(17,18)19/h3-5,8,13-14,21H,2,6-7,9-11H2,1H3. The van der Waals surface area contributed by atoms with E-state index in [9.17, 15) is 18.3 Å². The van der Waals surface area contributed by atoms with E-state index in [2.05, 4.69) is 11.8 Å². The Kier molecular flexibility index (Phi) is 6.26. The summed E-state index contributed by atoms with van der Waals surface area (Å²) in [6.07, 6.45) is -4.25. The molecular formula is C16H22F3NO3. The minimum absolute atomic E-state index is 0.0465. The first-order chi connectivity index (χ1) is 10.9. The third-order valence-electron chi connectivity index (χ3n) is 3.87. The lowest BCUT2D eigenvalue weighted by atomic mass is 10.1. The van der Waals surface area contributed by atoms with Gasteiger partial charge in [0.1, 0.15) is 18.5 Å². The van der Waals surface area contributed by atoms with Gasteiger partial charge in [0.15, 0.2) is 0 Å². The van der Waals surface area contributed by atoms with E-state index in [1.54, 1.807) is 0 Å². The van der Waals surface area contributed by atoms with E-state index < -0.39 is 17.8 Å². The molecule has 1 aromatic carbocycles. The van der Waals surface area contributed by atoms with Gasteiger partial charge in [0.05, 0.1) is 18.8 Å². The lowest BCUT2D eigenvalue weighted by Gasteiger charge is -2.36. The summed E-state index contributed by atoms with van der Waals surface area (Å²) in [6.45, 7) is 4.42. The molecule has 1 fully saturated rings. The van der Waals surface area contributed by atoms with Crippen LogP contribution < -0.4 is 4.74 Å². The number of nitrogens with zero attached hydrogens (tertiary/aromatic N) is 1. The van der Waals surface area contributed by atoms with E-state index in [4.69, 9.17) is 9.47 Å². The minimum atomic E-state index is -4.40. The third kappa shape index (κ3) is 5.37. The highest BCUT2D eigenvalue weighted by Gasteiger charge is 2.30. The maximum Gasteiger partial charge on any atom is 0.416 e.